The van der Waals surface area contributed by atoms with Crippen molar-refractivity contribution < 1.29 is 8.78 Å². The van der Waals surface area contributed by atoms with Gasteiger partial charge < -0.3 is 10.6 Å². The molecule has 1 heterocycles. The van der Waals surface area contributed by atoms with Crippen LogP contribution in [-0.4, -0.2) is 11.5 Å². The van der Waals surface area contributed by atoms with Gasteiger partial charge in [-0.3, -0.25) is 0 Å². The maximum atomic E-state index is 13.7. The van der Waals surface area contributed by atoms with Crippen LogP contribution in [0, 0.1) is 11.6 Å². The van der Waals surface area contributed by atoms with Crippen molar-refractivity contribution in [3.8, 4) is 0 Å². The lowest BCUT2D eigenvalue weighted by Gasteiger charge is -2.11. The summed E-state index contributed by atoms with van der Waals surface area (Å²) in [6, 6.07) is 8.42. The van der Waals surface area contributed by atoms with Crippen molar-refractivity contribution in [1.29, 1.82) is 0 Å². The van der Waals surface area contributed by atoms with E-state index >= 15 is 0 Å². The van der Waals surface area contributed by atoms with Gasteiger partial charge in [-0.05, 0) is 18.6 Å². The molecule has 0 fully saturated rings. The highest BCUT2D eigenvalue weighted by atomic mass is 79.9. The van der Waals surface area contributed by atoms with Crippen LogP contribution in [0.15, 0.2) is 34.8 Å². The number of benzene rings is 1. The van der Waals surface area contributed by atoms with E-state index in [-0.39, 0.29) is 11.6 Å². The van der Waals surface area contributed by atoms with Crippen molar-refractivity contribution in [2.24, 2.45) is 0 Å². The molecule has 0 bridgehead atoms. The summed E-state index contributed by atoms with van der Waals surface area (Å²) >= 11 is 3.41. The largest absolute Gasteiger partial charge is 0.368 e. The first-order valence-electron chi connectivity index (χ1n) is 6.19. The van der Waals surface area contributed by atoms with Gasteiger partial charge in [-0.2, -0.15) is 0 Å². The van der Waals surface area contributed by atoms with Gasteiger partial charge in [-0.1, -0.05) is 34.1 Å². The minimum Gasteiger partial charge on any atom is -0.368 e. The molecule has 0 aliphatic carbocycles. The number of anilines is 2. The topological polar surface area (TPSA) is 37.0 Å². The monoisotopic (exact) mass is 341 g/mol. The molecule has 0 aliphatic heterocycles. The van der Waals surface area contributed by atoms with Crippen LogP contribution in [0.25, 0.3) is 0 Å². The molecule has 0 saturated heterocycles. The van der Waals surface area contributed by atoms with Crippen molar-refractivity contribution in [1.82, 2.24) is 4.98 Å². The Labute approximate surface area is 124 Å². The maximum absolute atomic E-state index is 13.7. The van der Waals surface area contributed by atoms with Crippen LogP contribution in [0.2, 0.25) is 0 Å². The number of rotatable bonds is 5. The molecule has 2 N–H and O–H groups in total. The lowest BCUT2D eigenvalue weighted by atomic mass is 10.2. The molecule has 3 nitrogen and oxygen atoms in total. The molecule has 0 spiro atoms. The summed E-state index contributed by atoms with van der Waals surface area (Å²) < 4.78 is 28.0. The second-order valence-corrected chi connectivity index (χ2v) is 4.98. The minimum absolute atomic E-state index is 0.0260. The second kappa shape index (κ2) is 6.65. The molecule has 0 aliphatic rings. The molecule has 1 aromatic carbocycles. The minimum atomic E-state index is -0.712. The smallest absolute Gasteiger partial charge is 0.168 e. The van der Waals surface area contributed by atoms with Crippen molar-refractivity contribution in [2.45, 2.75) is 13.5 Å². The van der Waals surface area contributed by atoms with Gasteiger partial charge in [0.25, 0.3) is 0 Å². The first kappa shape index (κ1) is 14.7. The molecular formula is C14H14BrF2N3. The average Bonchev–Trinajstić information content (AvgIpc) is 2.42. The molecule has 0 atom stereocenters. The van der Waals surface area contributed by atoms with Gasteiger partial charge in [0.1, 0.15) is 0 Å². The van der Waals surface area contributed by atoms with Crippen LogP contribution in [0.5, 0.6) is 0 Å². The summed E-state index contributed by atoms with van der Waals surface area (Å²) in [5.41, 5.74) is 0.961. The molecule has 0 saturated carbocycles. The fraction of sp³-hybridized carbons (Fsp3) is 0.214. The Bertz CT molecular complexity index is 605. The summed E-state index contributed by atoms with van der Waals surface area (Å²) in [5.74, 6) is -1.34. The standard InChI is InChI=1S/C14H14BrF2N3/c1-2-18-13-11(16)7-12(17)14(20-13)19-8-9-5-3-4-6-10(9)15/h3-7H,2,8H2,1H3,(H2,18,19,20). The zero-order chi connectivity index (χ0) is 14.5. The van der Waals surface area contributed by atoms with Gasteiger partial charge in [0.2, 0.25) is 0 Å². The van der Waals surface area contributed by atoms with E-state index in [1.807, 2.05) is 31.2 Å². The first-order valence-corrected chi connectivity index (χ1v) is 6.98. The van der Waals surface area contributed by atoms with Crippen molar-refractivity contribution in [3.05, 3.63) is 52.0 Å². The van der Waals surface area contributed by atoms with Crippen LogP contribution < -0.4 is 10.6 Å². The third kappa shape index (κ3) is 3.45. The summed E-state index contributed by atoms with van der Waals surface area (Å²) in [6.07, 6.45) is 0. The van der Waals surface area contributed by atoms with Crippen LogP contribution in [0.4, 0.5) is 20.4 Å². The lowest BCUT2D eigenvalue weighted by molar-refractivity contribution is 0.578. The molecule has 6 heteroatoms. The van der Waals surface area contributed by atoms with Gasteiger partial charge in [-0.15, -0.1) is 0 Å². The Hall–Kier alpha value is -1.69. The highest BCUT2D eigenvalue weighted by molar-refractivity contribution is 9.10. The van der Waals surface area contributed by atoms with Crippen molar-refractivity contribution >= 4 is 27.6 Å². The Kier molecular flexibility index (Phi) is 4.89. The molecule has 2 rings (SSSR count). The normalized spacial score (nSPS) is 10.4. The third-order valence-electron chi connectivity index (χ3n) is 2.68. The zero-order valence-corrected chi connectivity index (χ0v) is 12.5. The Morgan fingerprint density at radius 3 is 2.40 bits per heavy atom. The average molecular weight is 342 g/mol. The SMILES string of the molecule is CCNc1nc(NCc2ccccc2Br)c(F)cc1F. The second-order valence-electron chi connectivity index (χ2n) is 4.12. The summed E-state index contributed by atoms with van der Waals surface area (Å²) in [4.78, 5) is 3.92. The van der Waals surface area contributed by atoms with Crippen LogP contribution >= 0.6 is 15.9 Å². The highest BCUT2D eigenvalue weighted by Gasteiger charge is 2.11. The zero-order valence-electron chi connectivity index (χ0n) is 10.9. The number of hydrogen-bond donors (Lipinski definition) is 2. The molecule has 20 heavy (non-hydrogen) atoms. The predicted molar refractivity (Wildman–Crippen MR) is 79.8 cm³/mol. The van der Waals surface area contributed by atoms with E-state index in [1.54, 1.807) is 0 Å². The van der Waals surface area contributed by atoms with E-state index < -0.39 is 11.6 Å². The van der Waals surface area contributed by atoms with E-state index in [0.717, 1.165) is 16.1 Å². The number of halogens is 3. The van der Waals surface area contributed by atoms with Gasteiger partial charge in [-0.25, -0.2) is 13.8 Å². The number of pyridine rings is 1. The van der Waals surface area contributed by atoms with Gasteiger partial charge in [0, 0.05) is 23.6 Å². The van der Waals surface area contributed by atoms with E-state index in [1.165, 1.54) is 0 Å². The van der Waals surface area contributed by atoms with E-state index in [9.17, 15) is 8.78 Å². The highest BCUT2D eigenvalue weighted by Crippen LogP contribution is 2.21. The van der Waals surface area contributed by atoms with Crippen LogP contribution in [-0.2, 0) is 6.54 Å². The van der Waals surface area contributed by atoms with Gasteiger partial charge in [0.05, 0.1) is 0 Å². The molecule has 0 unspecified atom stereocenters. The summed E-state index contributed by atoms with van der Waals surface area (Å²) in [5, 5.41) is 5.62. The molecule has 1 aromatic heterocycles. The van der Waals surface area contributed by atoms with Crippen LogP contribution in [0.1, 0.15) is 12.5 Å². The number of hydrogen-bond acceptors (Lipinski definition) is 3. The number of nitrogens with one attached hydrogen (secondary N) is 2. The quantitative estimate of drug-likeness (QED) is 0.857. The van der Waals surface area contributed by atoms with Crippen molar-refractivity contribution in [2.75, 3.05) is 17.2 Å². The van der Waals surface area contributed by atoms with Crippen molar-refractivity contribution in [3.63, 3.8) is 0 Å². The number of nitrogens with zero attached hydrogens (tertiary/aromatic N) is 1. The lowest BCUT2D eigenvalue weighted by Crippen LogP contribution is -2.09. The van der Waals surface area contributed by atoms with E-state index in [2.05, 4.69) is 31.5 Å². The molecule has 0 amide bonds. The third-order valence-corrected chi connectivity index (χ3v) is 3.45. The molecule has 2 aromatic rings. The predicted octanol–water partition coefficient (Wildman–Crippen LogP) is 4.17. The first-order chi connectivity index (χ1) is 9.61. The molecule has 0 radical (unpaired) electrons. The number of aromatic nitrogens is 1. The fourth-order valence-corrected chi connectivity index (χ4v) is 2.13. The molecule has 106 valence electrons. The van der Waals surface area contributed by atoms with Gasteiger partial charge in [0.15, 0.2) is 23.3 Å². The summed E-state index contributed by atoms with van der Waals surface area (Å²) in [7, 11) is 0. The Morgan fingerprint density at radius 2 is 1.75 bits per heavy atom. The Balaban J connectivity index is 2.17. The van der Waals surface area contributed by atoms with E-state index in [4.69, 9.17) is 0 Å². The Morgan fingerprint density at radius 1 is 1.10 bits per heavy atom. The van der Waals surface area contributed by atoms with Gasteiger partial charge >= 0.3 is 0 Å². The fourth-order valence-electron chi connectivity index (χ4n) is 1.70. The maximum Gasteiger partial charge on any atom is 0.168 e. The molecular weight excluding hydrogens is 328 g/mol. The summed E-state index contributed by atoms with van der Waals surface area (Å²) in [6.45, 7) is 2.72. The van der Waals surface area contributed by atoms with E-state index in [0.29, 0.717) is 13.1 Å². The van der Waals surface area contributed by atoms with Crippen LogP contribution in [0.3, 0.4) is 0 Å².